The van der Waals surface area contributed by atoms with Gasteiger partial charge in [0.1, 0.15) is 0 Å². The zero-order valence-corrected chi connectivity index (χ0v) is 16.7. The molecule has 3 atom stereocenters. The SMILES string of the molecule is [2H]C([2H])([2H])C1N(C2CCCCC2)C(C2CCCCC2)[C@H](C)N1c1ccccc1C. The Morgan fingerprint density at radius 1 is 0.923 bits per heavy atom. The van der Waals surface area contributed by atoms with E-state index in [0.717, 1.165) is 18.5 Å². The van der Waals surface area contributed by atoms with Gasteiger partial charge in [0.15, 0.2) is 0 Å². The van der Waals surface area contributed by atoms with E-state index in [2.05, 4.69) is 47.9 Å². The molecule has 1 aliphatic heterocycles. The molecule has 2 nitrogen and oxygen atoms in total. The third-order valence-electron chi connectivity index (χ3n) is 7.35. The summed E-state index contributed by atoms with van der Waals surface area (Å²) in [6.45, 7) is 2.40. The summed E-state index contributed by atoms with van der Waals surface area (Å²) in [5.74, 6) is 0.625. The zero-order chi connectivity index (χ0) is 20.6. The van der Waals surface area contributed by atoms with Gasteiger partial charge in [-0.25, -0.2) is 0 Å². The van der Waals surface area contributed by atoms with Crippen molar-refractivity contribution in [3.63, 3.8) is 0 Å². The average Bonchev–Trinajstić information content (AvgIpc) is 3.03. The normalized spacial score (nSPS) is 34.5. The van der Waals surface area contributed by atoms with Crippen LogP contribution in [0.2, 0.25) is 0 Å². The number of para-hydroxylation sites is 1. The topological polar surface area (TPSA) is 6.48 Å². The third-order valence-corrected chi connectivity index (χ3v) is 7.35. The second-order valence-electron chi connectivity index (χ2n) is 8.94. The zero-order valence-electron chi connectivity index (χ0n) is 19.7. The molecule has 2 unspecified atom stereocenters. The van der Waals surface area contributed by atoms with Crippen molar-refractivity contribution < 1.29 is 4.11 Å². The van der Waals surface area contributed by atoms with Crippen molar-refractivity contribution in [1.29, 1.82) is 0 Å². The maximum Gasteiger partial charge on any atom is 0.0801 e. The number of benzene rings is 1. The average molecular weight is 358 g/mol. The number of nitrogens with zero attached hydrogens (tertiary/aromatic N) is 2. The van der Waals surface area contributed by atoms with Gasteiger partial charge in [-0.15, -0.1) is 0 Å². The Morgan fingerprint density at radius 3 is 2.23 bits per heavy atom. The predicted molar refractivity (Wildman–Crippen MR) is 112 cm³/mol. The summed E-state index contributed by atoms with van der Waals surface area (Å²) >= 11 is 0. The standard InChI is InChI=1S/C24H38N2/c1-18-12-10-11-17-23(18)25-19(2)24(21-13-6-4-7-14-21)26(20(25)3)22-15-8-5-9-16-22/h10-12,17,19-22,24H,4-9,13-16H2,1-3H3/t19-,20?,24?/m0/s1/i3D3. The first-order valence-electron chi connectivity index (χ1n) is 12.5. The van der Waals surface area contributed by atoms with Crippen LogP contribution in [0.1, 0.15) is 87.7 Å². The molecular formula is C24H38N2. The summed E-state index contributed by atoms with van der Waals surface area (Å²) in [5, 5.41) is 0. The maximum atomic E-state index is 8.57. The monoisotopic (exact) mass is 357 g/mol. The Kier molecular flexibility index (Phi) is 4.56. The third kappa shape index (κ3) is 3.30. The molecule has 2 heteroatoms. The molecule has 0 amide bonds. The van der Waals surface area contributed by atoms with Gasteiger partial charge in [0.2, 0.25) is 0 Å². The summed E-state index contributed by atoms with van der Waals surface area (Å²) < 4.78 is 25.7. The fraction of sp³-hybridized carbons (Fsp3) is 0.750. The Labute approximate surface area is 165 Å². The van der Waals surface area contributed by atoms with Crippen molar-refractivity contribution in [2.75, 3.05) is 4.90 Å². The van der Waals surface area contributed by atoms with Crippen LogP contribution in [-0.2, 0) is 0 Å². The highest BCUT2D eigenvalue weighted by atomic mass is 15.5. The molecule has 0 spiro atoms. The second kappa shape index (κ2) is 7.92. The van der Waals surface area contributed by atoms with Crippen molar-refractivity contribution in [2.24, 2.45) is 5.92 Å². The second-order valence-corrected chi connectivity index (χ2v) is 8.94. The molecule has 2 aliphatic carbocycles. The van der Waals surface area contributed by atoms with Crippen molar-refractivity contribution >= 4 is 5.69 Å². The molecule has 1 heterocycles. The first-order chi connectivity index (χ1) is 13.9. The van der Waals surface area contributed by atoms with Crippen LogP contribution in [-0.4, -0.2) is 29.2 Å². The van der Waals surface area contributed by atoms with Gasteiger partial charge in [0.05, 0.1) is 6.17 Å². The van der Waals surface area contributed by atoms with Gasteiger partial charge in [-0.2, -0.15) is 0 Å². The van der Waals surface area contributed by atoms with E-state index in [1.54, 1.807) is 0 Å². The molecule has 1 aromatic rings. The molecular weight excluding hydrogens is 316 g/mol. The minimum absolute atomic E-state index is 0.228. The molecule has 3 fully saturated rings. The summed E-state index contributed by atoms with van der Waals surface area (Å²) in [6, 6.07) is 9.36. The van der Waals surface area contributed by atoms with E-state index < -0.39 is 13.0 Å². The number of aryl methyl sites for hydroxylation is 1. The van der Waals surface area contributed by atoms with Gasteiger partial charge in [-0.05, 0) is 63.9 Å². The minimum Gasteiger partial charge on any atom is -0.352 e. The van der Waals surface area contributed by atoms with Crippen molar-refractivity contribution in [2.45, 2.75) is 109 Å². The highest BCUT2D eigenvalue weighted by molar-refractivity contribution is 5.56. The van der Waals surface area contributed by atoms with E-state index >= 15 is 0 Å². The van der Waals surface area contributed by atoms with Crippen LogP contribution in [0, 0.1) is 12.8 Å². The van der Waals surface area contributed by atoms with E-state index in [1.807, 2.05) is 0 Å². The van der Waals surface area contributed by atoms with E-state index in [9.17, 15) is 0 Å². The van der Waals surface area contributed by atoms with Crippen LogP contribution < -0.4 is 4.90 Å². The molecule has 1 saturated heterocycles. The van der Waals surface area contributed by atoms with Crippen LogP contribution in [0.25, 0.3) is 0 Å². The largest absolute Gasteiger partial charge is 0.352 e. The first kappa shape index (κ1) is 15.0. The molecule has 0 N–H and O–H groups in total. The van der Waals surface area contributed by atoms with E-state index in [-0.39, 0.29) is 6.04 Å². The van der Waals surface area contributed by atoms with Gasteiger partial charge >= 0.3 is 0 Å². The van der Waals surface area contributed by atoms with Gasteiger partial charge < -0.3 is 4.90 Å². The lowest BCUT2D eigenvalue weighted by molar-refractivity contribution is 0.0608. The Bertz CT molecular complexity index is 677. The molecule has 26 heavy (non-hydrogen) atoms. The minimum atomic E-state index is -2.02. The van der Waals surface area contributed by atoms with E-state index in [1.165, 1.54) is 56.9 Å². The van der Waals surface area contributed by atoms with Crippen LogP contribution in [0.5, 0.6) is 0 Å². The van der Waals surface area contributed by atoms with Crippen LogP contribution in [0.15, 0.2) is 24.3 Å². The molecule has 2 saturated carbocycles. The molecule has 4 rings (SSSR count). The number of hydrogen-bond donors (Lipinski definition) is 0. The van der Waals surface area contributed by atoms with Crippen LogP contribution >= 0.6 is 0 Å². The van der Waals surface area contributed by atoms with Gasteiger partial charge in [-0.1, -0.05) is 56.7 Å². The lowest BCUT2D eigenvalue weighted by Gasteiger charge is -2.42. The summed E-state index contributed by atoms with van der Waals surface area (Å²) in [7, 11) is 0. The Balaban J connectivity index is 1.79. The summed E-state index contributed by atoms with van der Waals surface area (Å²) in [4.78, 5) is 4.80. The van der Waals surface area contributed by atoms with Crippen LogP contribution in [0.3, 0.4) is 0 Å². The predicted octanol–water partition coefficient (Wildman–Crippen LogP) is 6.13. The number of rotatable bonds is 3. The molecule has 1 aromatic carbocycles. The summed E-state index contributed by atoms with van der Waals surface area (Å²) in [6.07, 6.45) is 12.0. The fourth-order valence-electron chi connectivity index (χ4n) is 6.08. The molecule has 144 valence electrons. The number of anilines is 1. The van der Waals surface area contributed by atoms with Crippen LogP contribution in [0.4, 0.5) is 5.69 Å². The quantitative estimate of drug-likeness (QED) is 0.641. The Morgan fingerprint density at radius 2 is 1.58 bits per heavy atom. The van der Waals surface area contributed by atoms with Gasteiger partial charge in [-0.3, -0.25) is 4.90 Å². The smallest absolute Gasteiger partial charge is 0.0801 e. The van der Waals surface area contributed by atoms with Crippen molar-refractivity contribution in [3.8, 4) is 0 Å². The van der Waals surface area contributed by atoms with Crippen molar-refractivity contribution in [1.82, 2.24) is 4.90 Å². The lowest BCUT2D eigenvalue weighted by atomic mass is 9.80. The Hall–Kier alpha value is -1.02. The number of hydrogen-bond acceptors (Lipinski definition) is 2. The highest BCUT2D eigenvalue weighted by Gasteiger charge is 2.48. The lowest BCUT2D eigenvalue weighted by Crippen LogP contribution is -2.49. The first-order valence-corrected chi connectivity index (χ1v) is 11.0. The molecule has 0 aromatic heterocycles. The van der Waals surface area contributed by atoms with E-state index in [4.69, 9.17) is 4.11 Å². The van der Waals surface area contributed by atoms with Crippen molar-refractivity contribution in [3.05, 3.63) is 29.8 Å². The summed E-state index contributed by atoms with van der Waals surface area (Å²) in [5.41, 5.74) is 2.29. The maximum absolute atomic E-state index is 8.57. The highest BCUT2D eigenvalue weighted by Crippen LogP contribution is 2.43. The molecule has 0 radical (unpaired) electrons. The van der Waals surface area contributed by atoms with Gasteiger partial charge in [0.25, 0.3) is 0 Å². The molecule has 3 aliphatic rings. The molecule has 0 bridgehead atoms. The van der Waals surface area contributed by atoms with E-state index in [0.29, 0.717) is 18.0 Å². The van der Waals surface area contributed by atoms with Gasteiger partial charge in [0, 0.05) is 27.9 Å². The fourth-order valence-corrected chi connectivity index (χ4v) is 6.08.